The first kappa shape index (κ1) is 16.0. The lowest BCUT2D eigenvalue weighted by Crippen LogP contribution is -2.26. The van der Waals surface area contributed by atoms with Crippen LogP contribution in [-0.4, -0.2) is 34.5 Å². The quantitative estimate of drug-likeness (QED) is 0.561. The normalized spacial score (nSPS) is 11.0. The summed E-state index contributed by atoms with van der Waals surface area (Å²) in [5, 5.41) is 2.21. The van der Waals surface area contributed by atoms with Crippen molar-refractivity contribution < 1.29 is 4.79 Å². The Morgan fingerprint density at radius 2 is 1.88 bits per heavy atom. The lowest BCUT2D eigenvalue weighted by molar-refractivity contribution is 0.0785. The molecule has 26 heavy (non-hydrogen) atoms. The van der Waals surface area contributed by atoms with Crippen LogP contribution >= 0.6 is 0 Å². The largest absolute Gasteiger partial charge is 0.360 e. The maximum atomic E-state index is 12.9. The highest BCUT2D eigenvalue weighted by molar-refractivity contribution is 6.05. The van der Waals surface area contributed by atoms with E-state index >= 15 is 0 Å². The summed E-state index contributed by atoms with van der Waals surface area (Å²) in [6.07, 6.45) is 1.90. The Balaban J connectivity index is 1.73. The molecule has 5 heteroatoms. The number of aromatic nitrogens is 2. The molecule has 0 unspecified atom stereocenters. The molecular formula is C21H18N4O. The number of pyridine rings is 1. The zero-order valence-corrected chi connectivity index (χ0v) is 14.4. The predicted octanol–water partition coefficient (Wildman–Crippen LogP) is 4.32. The molecule has 0 atom stereocenters. The zero-order chi connectivity index (χ0) is 18.1. The standard InChI is InChI=1S/C21H18N4O/c1-22-17-9-5-4-8-16(17)21(26)25(2)13-19-20-15(11-12-23-20)14-7-3-6-10-18(14)24-19/h3-12,23H,1,13H2,2H3. The number of aliphatic imine (C=N–C) groups is 1. The number of carbonyl (C=O) groups excluding carboxylic acids is 1. The van der Waals surface area contributed by atoms with Crippen LogP contribution < -0.4 is 0 Å². The number of aromatic amines is 1. The van der Waals surface area contributed by atoms with Crippen molar-refractivity contribution in [3.05, 3.63) is 72.1 Å². The zero-order valence-electron chi connectivity index (χ0n) is 14.4. The molecule has 0 aliphatic heterocycles. The lowest BCUT2D eigenvalue weighted by Gasteiger charge is -2.18. The third kappa shape index (κ3) is 2.63. The van der Waals surface area contributed by atoms with Crippen molar-refractivity contribution in [3.63, 3.8) is 0 Å². The molecule has 0 aliphatic carbocycles. The number of nitrogens with one attached hydrogen (secondary N) is 1. The minimum Gasteiger partial charge on any atom is -0.360 e. The van der Waals surface area contributed by atoms with Crippen molar-refractivity contribution in [3.8, 4) is 0 Å². The van der Waals surface area contributed by atoms with E-state index in [-0.39, 0.29) is 5.91 Å². The minimum absolute atomic E-state index is 0.109. The summed E-state index contributed by atoms with van der Waals surface area (Å²) in [4.78, 5) is 26.5. The SMILES string of the molecule is C=Nc1ccccc1C(=O)N(C)Cc1nc2ccccc2c2cc[nH]c12. The van der Waals surface area contributed by atoms with Crippen LogP contribution in [0.2, 0.25) is 0 Å². The first-order valence-corrected chi connectivity index (χ1v) is 8.35. The molecule has 0 radical (unpaired) electrons. The number of hydrogen-bond acceptors (Lipinski definition) is 3. The van der Waals surface area contributed by atoms with Crippen LogP contribution in [0.15, 0.2) is 65.8 Å². The van der Waals surface area contributed by atoms with E-state index in [4.69, 9.17) is 4.98 Å². The van der Waals surface area contributed by atoms with Crippen LogP contribution in [0, 0.1) is 0 Å². The Morgan fingerprint density at radius 3 is 2.73 bits per heavy atom. The fraction of sp³-hybridized carbons (Fsp3) is 0.0952. The molecule has 5 nitrogen and oxygen atoms in total. The molecule has 2 heterocycles. The van der Waals surface area contributed by atoms with Gasteiger partial charge >= 0.3 is 0 Å². The maximum absolute atomic E-state index is 12.9. The van der Waals surface area contributed by atoms with Crippen molar-refractivity contribution in [2.75, 3.05) is 7.05 Å². The number of H-pyrrole nitrogens is 1. The third-order valence-electron chi connectivity index (χ3n) is 4.52. The van der Waals surface area contributed by atoms with Gasteiger partial charge in [0.1, 0.15) is 0 Å². The molecule has 4 rings (SSSR count). The van der Waals surface area contributed by atoms with Crippen LogP contribution in [0.4, 0.5) is 5.69 Å². The summed E-state index contributed by atoms with van der Waals surface area (Å²) in [6.45, 7) is 3.94. The Bertz CT molecular complexity index is 1130. The van der Waals surface area contributed by atoms with E-state index in [2.05, 4.69) is 22.8 Å². The van der Waals surface area contributed by atoms with Gasteiger partial charge in [-0.15, -0.1) is 0 Å². The molecule has 1 N–H and O–H groups in total. The Labute approximate surface area is 151 Å². The molecular weight excluding hydrogens is 324 g/mol. The van der Waals surface area contributed by atoms with Gasteiger partial charge in [0, 0.05) is 24.0 Å². The van der Waals surface area contributed by atoms with E-state index in [0.29, 0.717) is 17.8 Å². The fourth-order valence-corrected chi connectivity index (χ4v) is 3.24. The topological polar surface area (TPSA) is 61.4 Å². The van der Waals surface area contributed by atoms with E-state index in [1.165, 1.54) is 0 Å². The Kier molecular flexibility index (Phi) is 3.97. The molecule has 128 valence electrons. The predicted molar refractivity (Wildman–Crippen MR) is 105 cm³/mol. The average molecular weight is 342 g/mol. The molecule has 0 bridgehead atoms. The molecule has 2 aromatic heterocycles. The monoisotopic (exact) mass is 342 g/mol. The van der Waals surface area contributed by atoms with Crippen LogP contribution in [0.5, 0.6) is 0 Å². The smallest absolute Gasteiger partial charge is 0.256 e. The van der Waals surface area contributed by atoms with Gasteiger partial charge in [0.15, 0.2) is 0 Å². The highest BCUT2D eigenvalue weighted by Crippen LogP contribution is 2.27. The molecule has 0 saturated heterocycles. The molecule has 4 aromatic rings. The maximum Gasteiger partial charge on any atom is 0.256 e. The van der Waals surface area contributed by atoms with Crippen molar-refractivity contribution in [2.45, 2.75) is 6.54 Å². The molecule has 2 aromatic carbocycles. The molecule has 0 saturated carbocycles. The van der Waals surface area contributed by atoms with Crippen LogP contribution in [0.3, 0.4) is 0 Å². The number of benzene rings is 2. The summed E-state index contributed by atoms with van der Waals surface area (Å²) in [7, 11) is 1.77. The van der Waals surface area contributed by atoms with Gasteiger partial charge in [-0.1, -0.05) is 30.3 Å². The van der Waals surface area contributed by atoms with Gasteiger partial charge < -0.3 is 9.88 Å². The van der Waals surface area contributed by atoms with Gasteiger partial charge in [0.25, 0.3) is 5.91 Å². The van der Waals surface area contributed by atoms with Crippen molar-refractivity contribution in [1.82, 2.24) is 14.9 Å². The molecule has 0 aliphatic rings. The van der Waals surface area contributed by atoms with Gasteiger partial charge in [-0.3, -0.25) is 9.79 Å². The summed E-state index contributed by atoms with van der Waals surface area (Å²) in [5.74, 6) is -0.109. The van der Waals surface area contributed by atoms with Crippen molar-refractivity contribution in [1.29, 1.82) is 0 Å². The second-order valence-electron chi connectivity index (χ2n) is 6.18. The van der Waals surface area contributed by atoms with Gasteiger partial charge in [-0.25, -0.2) is 4.98 Å². The first-order valence-electron chi connectivity index (χ1n) is 8.35. The van der Waals surface area contributed by atoms with E-state index in [0.717, 1.165) is 27.5 Å². The number of hydrogen-bond donors (Lipinski definition) is 1. The van der Waals surface area contributed by atoms with E-state index in [9.17, 15) is 4.79 Å². The summed E-state index contributed by atoms with van der Waals surface area (Å²) in [5.41, 5.74) is 3.83. The van der Waals surface area contributed by atoms with Gasteiger partial charge in [0.2, 0.25) is 0 Å². The van der Waals surface area contributed by atoms with Crippen molar-refractivity contribution >= 4 is 40.1 Å². The Morgan fingerprint density at radius 1 is 1.12 bits per heavy atom. The second kappa shape index (κ2) is 6.44. The lowest BCUT2D eigenvalue weighted by atomic mass is 10.1. The highest BCUT2D eigenvalue weighted by atomic mass is 16.2. The number of amides is 1. The summed E-state index contributed by atoms with van der Waals surface area (Å²) < 4.78 is 0. The number of fused-ring (bicyclic) bond motifs is 3. The van der Waals surface area contributed by atoms with Crippen LogP contribution in [0.1, 0.15) is 16.1 Å². The summed E-state index contributed by atoms with van der Waals surface area (Å²) in [6, 6.07) is 17.3. The number of carbonyl (C=O) groups is 1. The van der Waals surface area contributed by atoms with Crippen molar-refractivity contribution in [2.24, 2.45) is 4.99 Å². The molecule has 1 amide bonds. The number of rotatable bonds is 4. The number of nitrogens with zero attached hydrogens (tertiary/aromatic N) is 3. The molecule has 0 fully saturated rings. The second-order valence-corrected chi connectivity index (χ2v) is 6.18. The molecule has 0 spiro atoms. The first-order chi connectivity index (χ1) is 12.7. The Hall–Kier alpha value is -3.47. The summed E-state index contributed by atoms with van der Waals surface area (Å²) >= 11 is 0. The third-order valence-corrected chi connectivity index (χ3v) is 4.52. The highest BCUT2D eigenvalue weighted by Gasteiger charge is 2.18. The fourth-order valence-electron chi connectivity index (χ4n) is 3.24. The van der Waals surface area contributed by atoms with E-state index < -0.39 is 0 Å². The van der Waals surface area contributed by atoms with Gasteiger partial charge in [-0.05, 0) is 31.0 Å². The van der Waals surface area contributed by atoms with Gasteiger partial charge in [0.05, 0.1) is 34.5 Å². The average Bonchev–Trinajstić information content (AvgIpc) is 3.18. The van der Waals surface area contributed by atoms with E-state index in [1.807, 2.05) is 42.6 Å². The van der Waals surface area contributed by atoms with E-state index in [1.54, 1.807) is 24.1 Å². The van der Waals surface area contributed by atoms with Gasteiger partial charge in [-0.2, -0.15) is 0 Å². The van der Waals surface area contributed by atoms with Crippen LogP contribution in [-0.2, 0) is 6.54 Å². The number of para-hydroxylation sites is 2. The van der Waals surface area contributed by atoms with Crippen LogP contribution in [0.25, 0.3) is 21.8 Å². The minimum atomic E-state index is -0.109.